The maximum Gasteiger partial charge on any atom is 0.244 e. The highest BCUT2D eigenvalue weighted by molar-refractivity contribution is 7.12. The number of hydrogen-bond donors (Lipinski definition) is 1. The normalized spacial score (nSPS) is 13.5. The highest BCUT2D eigenvalue weighted by Gasteiger charge is 2.27. The van der Waals surface area contributed by atoms with E-state index in [2.05, 4.69) is 5.32 Å². The van der Waals surface area contributed by atoms with Crippen LogP contribution in [0.5, 0.6) is 0 Å². The van der Waals surface area contributed by atoms with Gasteiger partial charge in [0.25, 0.3) is 0 Å². The number of amides is 2. The SMILES string of the molecule is CCc1ccccc1NC(=O)CN1C(=O)CC(c2cccs2)=Nc2ccccc21. The van der Waals surface area contributed by atoms with Gasteiger partial charge >= 0.3 is 0 Å². The molecule has 0 fully saturated rings. The minimum Gasteiger partial charge on any atom is -0.324 e. The highest BCUT2D eigenvalue weighted by atomic mass is 32.1. The van der Waals surface area contributed by atoms with Crippen LogP contribution < -0.4 is 10.2 Å². The molecule has 2 aromatic carbocycles. The lowest BCUT2D eigenvalue weighted by Gasteiger charge is -2.22. The molecule has 3 aromatic rings. The summed E-state index contributed by atoms with van der Waals surface area (Å²) in [6.45, 7) is 1.99. The minimum absolute atomic E-state index is 0.0544. The standard InChI is InChI=1S/C23H21N3O2S/c1-2-16-8-3-4-9-17(16)25-22(27)15-26-20-11-6-5-10-18(20)24-19(14-23(26)28)21-12-7-13-29-21/h3-13H,2,14-15H2,1H3,(H,25,27). The number of nitrogens with one attached hydrogen (secondary N) is 1. The van der Waals surface area contributed by atoms with Crippen LogP contribution in [0.3, 0.4) is 0 Å². The van der Waals surface area contributed by atoms with Crippen LogP contribution in [-0.4, -0.2) is 24.1 Å². The van der Waals surface area contributed by atoms with Gasteiger partial charge in [-0.25, -0.2) is 4.99 Å². The number of carbonyl (C=O) groups excluding carboxylic acids is 2. The maximum absolute atomic E-state index is 13.1. The molecule has 0 aliphatic carbocycles. The van der Waals surface area contributed by atoms with Gasteiger partial charge < -0.3 is 10.2 Å². The fourth-order valence-corrected chi connectivity index (χ4v) is 4.10. The molecule has 6 heteroatoms. The molecule has 0 saturated carbocycles. The average molecular weight is 404 g/mol. The van der Waals surface area contributed by atoms with Gasteiger partial charge in [0.15, 0.2) is 0 Å². The van der Waals surface area contributed by atoms with Crippen molar-refractivity contribution in [2.45, 2.75) is 19.8 Å². The lowest BCUT2D eigenvalue weighted by Crippen LogP contribution is -2.38. The Morgan fingerprint density at radius 2 is 1.90 bits per heavy atom. The summed E-state index contributed by atoms with van der Waals surface area (Å²) in [7, 11) is 0. The Balaban J connectivity index is 1.60. The van der Waals surface area contributed by atoms with Crippen LogP contribution in [-0.2, 0) is 16.0 Å². The van der Waals surface area contributed by atoms with E-state index in [0.717, 1.165) is 28.3 Å². The number of para-hydroxylation sites is 3. The first-order chi connectivity index (χ1) is 14.2. The number of aryl methyl sites for hydroxylation is 1. The van der Waals surface area contributed by atoms with Crippen molar-refractivity contribution in [3.8, 4) is 0 Å². The average Bonchev–Trinajstić information content (AvgIpc) is 3.23. The van der Waals surface area contributed by atoms with Crippen molar-refractivity contribution in [2.24, 2.45) is 4.99 Å². The number of rotatable bonds is 5. The fourth-order valence-electron chi connectivity index (χ4n) is 3.39. The zero-order valence-electron chi connectivity index (χ0n) is 16.1. The van der Waals surface area contributed by atoms with Crippen LogP contribution in [0.2, 0.25) is 0 Å². The van der Waals surface area contributed by atoms with Gasteiger partial charge in [-0.15, -0.1) is 11.3 Å². The van der Waals surface area contributed by atoms with Gasteiger partial charge in [-0.05, 0) is 41.6 Å². The van der Waals surface area contributed by atoms with Crippen molar-refractivity contribution in [1.29, 1.82) is 0 Å². The van der Waals surface area contributed by atoms with Crippen LogP contribution in [0, 0.1) is 0 Å². The van der Waals surface area contributed by atoms with Crippen molar-refractivity contribution in [2.75, 3.05) is 16.8 Å². The van der Waals surface area contributed by atoms with Crippen molar-refractivity contribution in [3.63, 3.8) is 0 Å². The van der Waals surface area contributed by atoms with Crippen molar-refractivity contribution in [1.82, 2.24) is 0 Å². The molecule has 0 saturated heterocycles. The van der Waals surface area contributed by atoms with Gasteiger partial charge in [-0.1, -0.05) is 43.3 Å². The molecule has 0 spiro atoms. The van der Waals surface area contributed by atoms with Crippen LogP contribution >= 0.6 is 11.3 Å². The molecule has 29 heavy (non-hydrogen) atoms. The zero-order chi connectivity index (χ0) is 20.2. The second-order valence-electron chi connectivity index (χ2n) is 6.74. The fraction of sp³-hybridized carbons (Fsp3) is 0.174. The molecule has 0 unspecified atom stereocenters. The molecular formula is C23H21N3O2S. The summed E-state index contributed by atoms with van der Waals surface area (Å²) in [6, 6.07) is 19.1. The van der Waals surface area contributed by atoms with Gasteiger partial charge in [0, 0.05) is 10.6 Å². The Bertz CT molecular complexity index is 1070. The van der Waals surface area contributed by atoms with Gasteiger partial charge in [-0.2, -0.15) is 0 Å². The predicted octanol–water partition coefficient (Wildman–Crippen LogP) is 4.81. The van der Waals surface area contributed by atoms with E-state index in [1.165, 1.54) is 4.90 Å². The number of hydrogen-bond acceptors (Lipinski definition) is 4. The molecule has 0 atom stereocenters. The Hall–Kier alpha value is -3.25. The molecule has 0 bridgehead atoms. The second-order valence-corrected chi connectivity index (χ2v) is 7.69. The Labute approximate surface area is 173 Å². The summed E-state index contributed by atoms with van der Waals surface area (Å²) in [6.07, 6.45) is 0.980. The third-order valence-electron chi connectivity index (χ3n) is 4.83. The van der Waals surface area contributed by atoms with E-state index < -0.39 is 0 Å². The topological polar surface area (TPSA) is 61.8 Å². The van der Waals surface area contributed by atoms with E-state index in [-0.39, 0.29) is 24.8 Å². The zero-order valence-corrected chi connectivity index (χ0v) is 16.9. The molecule has 1 aliphatic heterocycles. The molecule has 146 valence electrons. The van der Waals surface area contributed by atoms with Crippen LogP contribution in [0.15, 0.2) is 71.0 Å². The minimum atomic E-state index is -0.228. The molecule has 4 rings (SSSR count). The molecule has 2 heterocycles. The Kier molecular flexibility index (Phi) is 5.53. The maximum atomic E-state index is 13.1. The monoisotopic (exact) mass is 403 g/mol. The lowest BCUT2D eigenvalue weighted by atomic mass is 10.1. The van der Waals surface area contributed by atoms with E-state index in [9.17, 15) is 9.59 Å². The van der Waals surface area contributed by atoms with Crippen LogP contribution in [0.25, 0.3) is 0 Å². The Morgan fingerprint density at radius 1 is 1.10 bits per heavy atom. The highest BCUT2D eigenvalue weighted by Crippen LogP contribution is 2.33. The first-order valence-electron chi connectivity index (χ1n) is 9.54. The number of aliphatic imine (C=N–C) groups is 1. The number of carbonyl (C=O) groups is 2. The molecular weight excluding hydrogens is 382 g/mol. The third kappa shape index (κ3) is 4.12. The molecule has 1 aromatic heterocycles. The summed E-state index contributed by atoms with van der Waals surface area (Å²) in [5.41, 5.74) is 3.93. The Morgan fingerprint density at radius 3 is 2.69 bits per heavy atom. The van der Waals surface area contributed by atoms with Crippen molar-refractivity contribution >= 4 is 45.9 Å². The summed E-state index contributed by atoms with van der Waals surface area (Å²) in [5.74, 6) is -0.366. The first-order valence-corrected chi connectivity index (χ1v) is 10.4. The summed E-state index contributed by atoms with van der Waals surface area (Å²) >= 11 is 1.56. The molecule has 0 radical (unpaired) electrons. The van der Waals surface area contributed by atoms with E-state index in [1.807, 2.05) is 73.0 Å². The summed E-state index contributed by atoms with van der Waals surface area (Å²) < 4.78 is 0. The van der Waals surface area contributed by atoms with Gasteiger partial charge in [0.05, 0.1) is 23.5 Å². The largest absolute Gasteiger partial charge is 0.324 e. The van der Waals surface area contributed by atoms with Crippen molar-refractivity contribution < 1.29 is 9.59 Å². The second kappa shape index (κ2) is 8.41. The van der Waals surface area contributed by atoms with Gasteiger partial charge in [0.1, 0.15) is 6.54 Å². The number of fused-ring (bicyclic) bond motifs is 1. The van der Waals surface area contributed by atoms with Crippen LogP contribution in [0.1, 0.15) is 23.8 Å². The van der Waals surface area contributed by atoms with E-state index >= 15 is 0 Å². The molecule has 1 N–H and O–H groups in total. The number of thiophene rings is 1. The quantitative estimate of drug-likeness (QED) is 0.665. The predicted molar refractivity (Wildman–Crippen MR) is 118 cm³/mol. The van der Waals surface area contributed by atoms with Crippen molar-refractivity contribution in [3.05, 3.63) is 76.5 Å². The number of nitrogens with zero attached hydrogens (tertiary/aromatic N) is 2. The molecule has 1 aliphatic rings. The summed E-state index contributed by atoms with van der Waals surface area (Å²) in [5, 5.41) is 4.92. The van der Waals surface area contributed by atoms with E-state index in [1.54, 1.807) is 11.3 Å². The van der Waals surface area contributed by atoms with Gasteiger partial charge in [-0.3, -0.25) is 9.59 Å². The number of anilines is 2. The lowest BCUT2D eigenvalue weighted by molar-refractivity contribution is -0.120. The van der Waals surface area contributed by atoms with E-state index in [0.29, 0.717) is 11.4 Å². The third-order valence-corrected chi connectivity index (χ3v) is 5.75. The molecule has 5 nitrogen and oxygen atoms in total. The van der Waals surface area contributed by atoms with E-state index in [4.69, 9.17) is 4.99 Å². The smallest absolute Gasteiger partial charge is 0.244 e. The summed E-state index contributed by atoms with van der Waals surface area (Å²) in [4.78, 5) is 33.1. The molecule has 2 amide bonds. The van der Waals surface area contributed by atoms with Crippen LogP contribution in [0.4, 0.5) is 17.1 Å². The number of benzene rings is 2. The first kappa shape index (κ1) is 19.1. The van der Waals surface area contributed by atoms with Gasteiger partial charge in [0.2, 0.25) is 11.8 Å².